The summed E-state index contributed by atoms with van der Waals surface area (Å²) in [5.74, 6) is -0.190. The van der Waals surface area contributed by atoms with Crippen molar-refractivity contribution in [2.75, 3.05) is 6.61 Å². The van der Waals surface area contributed by atoms with E-state index in [9.17, 15) is 4.39 Å². The van der Waals surface area contributed by atoms with Gasteiger partial charge in [0.1, 0.15) is 12.0 Å². The van der Waals surface area contributed by atoms with Crippen LogP contribution in [0.5, 0.6) is 0 Å². The number of hydrogen-bond acceptors (Lipinski definition) is 2. The molecule has 0 bridgehead atoms. The van der Waals surface area contributed by atoms with Crippen LogP contribution in [-0.4, -0.2) is 18.4 Å². The van der Waals surface area contributed by atoms with E-state index >= 15 is 0 Å². The molecule has 0 aromatic heterocycles. The van der Waals surface area contributed by atoms with Crippen LogP contribution in [0, 0.1) is 5.82 Å². The van der Waals surface area contributed by atoms with Gasteiger partial charge >= 0.3 is 0 Å². The second kappa shape index (κ2) is 5.13. The van der Waals surface area contributed by atoms with Crippen LogP contribution in [0.1, 0.15) is 19.4 Å². The zero-order chi connectivity index (χ0) is 10.9. The Kier molecular flexibility index (Phi) is 4.30. The summed E-state index contributed by atoms with van der Waals surface area (Å²) in [6, 6.07) is 6.65. The Morgan fingerprint density at radius 2 is 2.25 bits per heavy atom. The molecular weight excluding hydrogens is 229 g/mol. The molecule has 0 amide bonds. The van der Waals surface area contributed by atoms with Gasteiger partial charge in [-0.05, 0) is 31.5 Å². The maximum atomic E-state index is 12.9. The number of ether oxygens (including phenoxy) is 1. The molecule has 0 saturated carbocycles. The number of hydrogen-bond donors (Lipinski definition) is 1. The van der Waals surface area contributed by atoms with Crippen molar-refractivity contribution in [1.29, 1.82) is 0 Å². The molecule has 2 nitrogen and oxygen atoms in total. The van der Waals surface area contributed by atoms with Crippen LogP contribution < -0.4 is 5.32 Å². The highest BCUT2D eigenvalue weighted by atomic mass is 35.5. The molecule has 4 heteroatoms. The number of halogens is 2. The standard InChI is InChI=1S/C12H16FNO.ClH/c1-12(2)8-15-11(14-12)7-9-4-3-5-10(13)6-9;/h3-6,11,14H,7-8H2,1-2H3;1H. The van der Waals surface area contributed by atoms with Crippen LogP contribution in [0.3, 0.4) is 0 Å². The van der Waals surface area contributed by atoms with E-state index in [-0.39, 0.29) is 30.0 Å². The lowest BCUT2D eigenvalue weighted by atomic mass is 10.1. The van der Waals surface area contributed by atoms with Gasteiger partial charge in [0, 0.05) is 12.0 Å². The summed E-state index contributed by atoms with van der Waals surface area (Å²) in [5.41, 5.74) is 0.989. The van der Waals surface area contributed by atoms with Crippen LogP contribution >= 0.6 is 12.4 Å². The van der Waals surface area contributed by atoms with Gasteiger partial charge in [-0.3, -0.25) is 5.32 Å². The van der Waals surface area contributed by atoms with Crippen LogP contribution in [0.15, 0.2) is 24.3 Å². The average molecular weight is 246 g/mol. The van der Waals surface area contributed by atoms with E-state index in [2.05, 4.69) is 19.2 Å². The van der Waals surface area contributed by atoms with Crippen molar-refractivity contribution in [3.63, 3.8) is 0 Å². The Balaban J connectivity index is 0.00000128. The molecule has 1 N–H and O–H groups in total. The minimum absolute atomic E-state index is 0. The van der Waals surface area contributed by atoms with Gasteiger partial charge in [0.2, 0.25) is 0 Å². The van der Waals surface area contributed by atoms with Crippen molar-refractivity contribution in [2.45, 2.75) is 32.0 Å². The summed E-state index contributed by atoms with van der Waals surface area (Å²) in [6.45, 7) is 4.89. The van der Waals surface area contributed by atoms with E-state index in [0.717, 1.165) is 5.56 Å². The SMILES string of the molecule is CC1(C)COC(Cc2cccc(F)c2)N1.Cl. The summed E-state index contributed by atoms with van der Waals surface area (Å²) in [4.78, 5) is 0. The third-order valence-corrected chi connectivity index (χ3v) is 2.51. The van der Waals surface area contributed by atoms with Crippen molar-refractivity contribution in [2.24, 2.45) is 0 Å². The summed E-state index contributed by atoms with van der Waals surface area (Å²) in [6.07, 6.45) is 0.711. The molecule has 1 saturated heterocycles. The fraction of sp³-hybridized carbons (Fsp3) is 0.500. The molecule has 1 fully saturated rings. The van der Waals surface area contributed by atoms with Crippen molar-refractivity contribution in [1.82, 2.24) is 5.32 Å². The molecule has 1 aromatic carbocycles. The molecule has 0 aliphatic carbocycles. The van der Waals surface area contributed by atoms with Gasteiger partial charge in [-0.1, -0.05) is 12.1 Å². The number of rotatable bonds is 2. The molecule has 1 aliphatic heterocycles. The van der Waals surface area contributed by atoms with Crippen LogP contribution in [0.2, 0.25) is 0 Å². The normalized spacial score (nSPS) is 22.8. The summed E-state index contributed by atoms with van der Waals surface area (Å²) >= 11 is 0. The lowest BCUT2D eigenvalue weighted by molar-refractivity contribution is 0.0987. The second-order valence-electron chi connectivity index (χ2n) is 4.66. The first-order chi connectivity index (χ1) is 7.05. The summed E-state index contributed by atoms with van der Waals surface area (Å²) in [7, 11) is 0. The third kappa shape index (κ3) is 3.44. The molecule has 1 aromatic rings. The highest BCUT2D eigenvalue weighted by molar-refractivity contribution is 5.85. The first-order valence-electron chi connectivity index (χ1n) is 5.19. The fourth-order valence-electron chi connectivity index (χ4n) is 1.82. The molecular formula is C12H17ClFNO. The first kappa shape index (κ1) is 13.4. The van der Waals surface area contributed by atoms with Crippen LogP contribution in [0.4, 0.5) is 4.39 Å². The summed E-state index contributed by atoms with van der Waals surface area (Å²) in [5, 5.41) is 3.35. The number of benzene rings is 1. The molecule has 90 valence electrons. The maximum Gasteiger partial charge on any atom is 0.123 e. The predicted molar refractivity (Wildman–Crippen MR) is 64.3 cm³/mol. The Hall–Kier alpha value is -0.640. The van der Waals surface area contributed by atoms with Crippen LogP contribution in [0.25, 0.3) is 0 Å². The van der Waals surface area contributed by atoms with E-state index in [1.807, 2.05) is 6.07 Å². The average Bonchev–Trinajstić information content (AvgIpc) is 2.45. The Bertz CT molecular complexity index is 357. The van der Waals surface area contributed by atoms with Crippen molar-refractivity contribution < 1.29 is 9.13 Å². The molecule has 0 radical (unpaired) electrons. The van der Waals surface area contributed by atoms with Gasteiger partial charge in [0.05, 0.1) is 6.61 Å². The van der Waals surface area contributed by atoms with Gasteiger partial charge in [-0.2, -0.15) is 0 Å². The molecule has 0 spiro atoms. The molecule has 1 heterocycles. The van der Waals surface area contributed by atoms with Crippen molar-refractivity contribution in [3.05, 3.63) is 35.6 Å². The molecule has 16 heavy (non-hydrogen) atoms. The molecule has 1 aliphatic rings. The third-order valence-electron chi connectivity index (χ3n) is 2.51. The van der Waals surface area contributed by atoms with Crippen LogP contribution in [-0.2, 0) is 11.2 Å². The van der Waals surface area contributed by atoms with E-state index in [1.54, 1.807) is 12.1 Å². The van der Waals surface area contributed by atoms with E-state index in [1.165, 1.54) is 6.07 Å². The van der Waals surface area contributed by atoms with E-state index in [4.69, 9.17) is 4.74 Å². The maximum absolute atomic E-state index is 12.9. The zero-order valence-corrected chi connectivity index (χ0v) is 10.3. The van der Waals surface area contributed by atoms with Gasteiger partial charge in [0.15, 0.2) is 0 Å². The molecule has 2 rings (SSSR count). The number of nitrogens with one attached hydrogen (secondary N) is 1. The minimum atomic E-state index is -0.190. The zero-order valence-electron chi connectivity index (χ0n) is 9.50. The topological polar surface area (TPSA) is 21.3 Å². The largest absolute Gasteiger partial charge is 0.361 e. The highest BCUT2D eigenvalue weighted by Gasteiger charge is 2.30. The first-order valence-corrected chi connectivity index (χ1v) is 5.19. The van der Waals surface area contributed by atoms with Gasteiger partial charge < -0.3 is 4.74 Å². The lowest BCUT2D eigenvalue weighted by Crippen LogP contribution is -2.39. The van der Waals surface area contributed by atoms with Gasteiger partial charge in [0.25, 0.3) is 0 Å². The fourth-order valence-corrected chi connectivity index (χ4v) is 1.82. The van der Waals surface area contributed by atoms with E-state index < -0.39 is 0 Å². The van der Waals surface area contributed by atoms with Gasteiger partial charge in [-0.15, -0.1) is 12.4 Å². The Morgan fingerprint density at radius 3 is 2.81 bits per heavy atom. The Morgan fingerprint density at radius 1 is 1.50 bits per heavy atom. The van der Waals surface area contributed by atoms with Crippen molar-refractivity contribution in [3.8, 4) is 0 Å². The second-order valence-corrected chi connectivity index (χ2v) is 4.66. The molecule has 1 unspecified atom stereocenters. The minimum Gasteiger partial charge on any atom is -0.361 e. The Labute approximate surface area is 102 Å². The smallest absolute Gasteiger partial charge is 0.123 e. The predicted octanol–water partition coefficient (Wildman–Crippen LogP) is 2.51. The quantitative estimate of drug-likeness (QED) is 0.865. The van der Waals surface area contributed by atoms with Crippen molar-refractivity contribution >= 4 is 12.4 Å². The molecule has 1 atom stereocenters. The van der Waals surface area contributed by atoms with E-state index in [0.29, 0.717) is 13.0 Å². The monoisotopic (exact) mass is 245 g/mol. The van der Waals surface area contributed by atoms with Gasteiger partial charge in [-0.25, -0.2) is 4.39 Å². The highest BCUT2D eigenvalue weighted by Crippen LogP contribution is 2.17. The summed E-state index contributed by atoms with van der Waals surface area (Å²) < 4.78 is 18.5. The lowest BCUT2D eigenvalue weighted by Gasteiger charge is -2.16.